The molecule has 0 atom stereocenters. The summed E-state index contributed by atoms with van der Waals surface area (Å²) in [6.45, 7) is 8.18. The van der Waals surface area contributed by atoms with Crippen LogP contribution in [0, 0.1) is 6.92 Å². The monoisotopic (exact) mass is 239 g/mol. The van der Waals surface area contributed by atoms with Crippen LogP contribution < -0.4 is 5.32 Å². The average Bonchev–Trinajstić information content (AvgIpc) is 2.67. The molecule has 0 radical (unpaired) electrons. The minimum absolute atomic E-state index is 0.512. The summed E-state index contributed by atoms with van der Waals surface area (Å²) in [6.07, 6.45) is 5.37. The molecule has 0 bridgehead atoms. The second kappa shape index (κ2) is 7.33. The van der Waals surface area contributed by atoms with Crippen molar-refractivity contribution < 1.29 is 4.74 Å². The van der Waals surface area contributed by atoms with Crippen LogP contribution in [0.1, 0.15) is 38.8 Å². The first-order valence-corrected chi connectivity index (χ1v) is 6.50. The van der Waals surface area contributed by atoms with E-state index in [1.165, 1.54) is 0 Å². The zero-order valence-corrected chi connectivity index (χ0v) is 11.5. The molecule has 0 aliphatic heterocycles. The van der Waals surface area contributed by atoms with Gasteiger partial charge >= 0.3 is 0 Å². The Bertz CT molecular complexity index is 318. The molecule has 17 heavy (non-hydrogen) atoms. The van der Waals surface area contributed by atoms with Crippen molar-refractivity contribution in [3.8, 4) is 0 Å². The zero-order valence-electron chi connectivity index (χ0n) is 11.5. The summed E-state index contributed by atoms with van der Waals surface area (Å²) in [5, 5.41) is 3.51. The van der Waals surface area contributed by atoms with Gasteiger partial charge in [0.1, 0.15) is 0 Å². The highest BCUT2D eigenvalue weighted by Crippen LogP contribution is 2.13. The van der Waals surface area contributed by atoms with Crippen LogP contribution in [0.5, 0.6) is 0 Å². The smallest absolute Gasteiger partial charge is 0.203 e. The number of anilines is 1. The highest BCUT2D eigenvalue weighted by atomic mass is 16.5. The molecule has 0 amide bonds. The number of ether oxygens (including phenoxy) is 1. The summed E-state index contributed by atoms with van der Waals surface area (Å²) in [5.74, 6) is 0.993. The summed E-state index contributed by atoms with van der Waals surface area (Å²) in [7, 11) is 1.74. The quantitative estimate of drug-likeness (QED) is 0.709. The number of nitrogens with zero attached hydrogens (tertiary/aromatic N) is 2. The van der Waals surface area contributed by atoms with Crippen molar-refractivity contribution in [1.82, 2.24) is 9.55 Å². The van der Waals surface area contributed by atoms with Gasteiger partial charge in [0.15, 0.2) is 0 Å². The van der Waals surface area contributed by atoms with Gasteiger partial charge in [-0.1, -0.05) is 13.8 Å². The zero-order chi connectivity index (χ0) is 12.7. The molecule has 4 heteroatoms. The molecule has 0 aliphatic rings. The van der Waals surface area contributed by atoms with Gasteiger partial charge in [-0.05, 0) is 26.2 Å². The molecule has 0 saturated carbocycles. The van der Waals surface area contributed by atoms with Crippen LogP contribution >= 0.6 is 0 Å². The first-order valence-electron chi connectivity index (χ1n) is 6.50. The van der Waals surface area contributed by atoms with E-state index in [1.807, 2.05) is 6.92 Å². The van der Waals surface area contributed by atoms with Crippen LogP contribution in [0.15, 0.2) is 6.20 Å². The molecule has 4 nitrogen and oxygen atoms in total. The van der Waals surface area contributed by atoms with Crippen LogP contribution in [0.4, 0.5) is 5.95 Å². The number of aromatic nitrogens is 2. The van der Waals surface area contributed by atoms with E-state index in [0.29, 0.717) is 6.04 Å². The van der Waals surface area contributed by atoms with Gasteiger partial charge in [-0.3, -0.25) is 0 Å². The van der Waals surface area contributed by atoms with Gasteiger partial charge in [0, 0.05) is 32.5 Å². The molecular weight excluding hydrogens is 214 g/mol. The normalized spacial score (nSPS) is 11.1. The molecule has 0 fully saturated rings. The molecule has 1 aromatic heterocycles. The molecular formula is C13H25N3O. The molecule has 1 N–H and O–H groups in total. The highest BCUT2D eigenvalue weighted by molar-refractivity contribution is 5.30. The van der Waals surface area contributed by atoms with Crippen LogP contribution in [0.3, 0.4) is 0 Å². The fraction of sp³-hybridized carbons (Fsp3) is 0.769. The topological polar surface area (TPSA) is 39.1 Å². The predicted molar refractivity (Wildman–Crippen MR) is 71.4 cm³/mol. The van der Waals surface area contributed by atoms with E-state index in [-0.39, 0.29) is 0 Å². The Morgan fingerprint density at radius 1 is 1.41 bits per heavy atom. The number of hydrogen-bond donors (Lipinski definition) is 1. The molecule has 0 spiro atoms. The van der Waals surface area contributed by atoms with E-state index in [4.69, 9.17) is 4.74 Å². The molecule has 0 aromatic carbocycles. The molecule has 1 rings (SSSR count). The summed E-state index contributed by atoms with van der Waals surface area (Å²) in [6, 6.07) is 0.512. The number of rotatable bonds is 8. The SMILES string of the molecule is CCC(CC)Nc1nc(C)cn1CCCOC. The van der Waals surface area contributed by atoms with Crippen LogP contribution in [-0.4, -0.2) is 29.3 Å². The minimum Gasteiger partial charge on any atom is -0.385 e. The Morgan fingerprint density at radius 3 is 2.71 bits per heavy atom. The lowest BCUT2D eigenvalue weighted by atomic mass is 10.2. The third kappa shape index (κ3) is 4.38. The lowest BCUT2D eigenvalue weighted by Gasteiger charge is -2.16. The Labute approximate surface area is 104 Å². The number of nitrogens with one attached hydrogen (secondary N) is 1. The summed E-state index contributed by atoms with van der Waals surface area (Å²) in [5.41, 5.74) is 1.07. The van der Waals surface area contributed by atoms with Crippen molar-refractivity contribution in [2.45, 2.75) is 52.6 Å². The van der Waals surface area contributed by atoms with Crippen LogP contribution in [0.2, 0.25) is 0 Å². The Morgan fingerprint density at radius 2 is 2.12 bits per heavy atom. The fourth-order valence-corrected chi connectivity index (χ4v) is 1.89. The maximum Gasteiger partial charge on any atom is 0.203 e. The number of imidazole rings is 1. The molecule has 98 valence electrons. The first kappa shape index (κ1) is 14.0. The van der Waals surface area contributed by atoms with E-state index in [0.717, 1.165) is 44.1 Å². The van der Waals surface area contributed by atoms with Crippen molar-refractivity contribution >= 4 is 5.95 Å². The largest absolute Gasteiger partial charge is 0.385 e. The predicted octanol–water partition coefficient (Wildman–Crippen LogP) is 2.83. The molecule has 0 saturated heterocycles. The average molecular weight is 239 g/mol. The molecule has 1 aromatic rings. The Kier molecular flexibility index (Phi) is 6.05. The van der Waals surface area contributed by atoms with Crippen molar-refractivity contribution in [2.75, 3.05) is 19.0 Å². The lowest BCUT2D eigenvalue weighted by Crippen LogP contribution is -2.20. The highest BCUT2D eigenvalue weighted by Gasteiger charge is 2.09. The molecule has 0 aliphatic carbocycles. The van der Waals surface area contributed by atoms with Crippen molar-refractivity contribution in [3.63, 3.8) is 0 Å². The van der Waals surface area contributed by atoms with Gasteiger partial charge in [-0.25, -0.2) is 4.98 Å². The summed E-state index contributed by atoms with van der Waals surface area (Å²) < 4.78 is 7.27. The van der Waals surface area contributed by atoms with Gasteiger partial charge in [0.2, 0.25) is 5.95 Å². The number of aryl methyl sites for hydroxylation is 2. The van der Waals surface area contributed by atoms with Gasteiger partial charge in [-0.2, -0.15) is 0 Å². The Balaban J connectivity index is 2.63. The third-order valence-corrected chi connectivity index (χ3v) is 2.96. The lowest BCUT2D eigenvalue weighted by molar-refractivity contribution is 0.190. The van der Waals surface area contributed by atoms with Gasteiger partial charge < -0.3 is 14.6 Å². The van der Waals surface area contributed by atoms with Gasteiger partial charge in [0.05, 0.1) is 5.69 Å². The standard InChI is InChI=1S/C13H25N3O/c1-5-12(6-2)15-13-14-11(3)10-16(13)8-7-9-17-4/h10,12H,5-9H2,1-4H3,(H,14,15). The molecule has 0 unspecified atom stereocenters. The minimum atomic E-state index is 0.512. The van der Waals surface area contributed by atoms with Gasteiger partial charge in [-0.15, -0.1) is 0 Å². The fourth-order valence-electron chi connectivity index (χ4n) is 1.89. The van der Waals surface area contributed by atoms with E-state index >= 15 is 0 Å². The van der Waals surface area contributed by atoms with E-state index < -0.39 is 0 Å². The summed E-state index contributed by atoms with van der Waals surface area (Å²) >= 11 is 0. The molecule has 1 heterocycles. The first-order chi connectivity index (χ1) is 8.21. The maximum absolute atomic E-state index is 5.08. The van der Waals surface area contributed by atoms with Crippen molar-refractivity contribution in [3.05, 3.63) is 11.9 Å². The van der Waals surface area contributed by atoms with Crippen LogP contribution in [-0.2, 0) is 11.3 Å². The van der Waals surface area contributed by atoms with E-state index in [2.05, 4.69) is 34.9 Å². The second-order valence-electron chi connectivity index (χ2n) is 4.40. The number of hydrogen-bond acceptors (Lipinski definition) is 3. The second-order valence-corrected chi connectivity index (χ2v) is 4.40. The third-order valence-electron chi connectivity index (χ3n) is 2.96. The van der Waals surface area contributed by atoms with Crippen molar-refractivity contribution in [1.29, 1.82) is 0 Å². The van der Waals surface area contributed by atoms with E-state index in [9.17, 15) is 0 Å². The van der Waals surface area contributed by atoms with E-state index in [1.54, 1.807) is 7.11 Å². The number of methoxy groups -OCH3 is 1. The van der Waals surface area contributed by atoms with Crippen molar-refractivity contribution in [2.24, 2.45) is 0 Å². The summed E-state index contributed by atoms with van der Waals surface area (Å²) in [4.78, 5) is 4.54. The Hall–Kier alpha value is -1.03. The maximum atomic E-state index is 5.08. The van der Waals surface area contributed by atoms with Gasteiger partial charge in [0.25, 0.3) is 0 Å². The van der Waals surface area contributed by atoms with Crippen LogP contribution in [0.25, 0.3) is 0 Å².